The third-order valence-corrected chi connectivity index (χ3v) is 4.86. The lowest BCUT2D eigenvalue weighted by molar-refractivity contribution is -0.130. The van der Waals surface area contributed by atoms with Crippen LogP contribution in [0.5, 0.6) is 0 Å². The smallest absolute Gasteiger partial charge is 0.251 e. The summed E-state index contributed by atoms with van der Waals surface area (Å²) in [7, 11) is 0. The molecule has 1 heterocycles. The maximum Gasteiger partial charge on any atom is 0.251 e. The van der Waals surface area contributed by atoms with E-state index in [1.165, 1.54) is 0 Å². The molecule has 0 saturated heterocycles. The zero-order chi connectivity index (χ0) is 9.48. The number of nitrogens with zero attached hydrogens (tertiary/aromatic N) is 2. The molecule has 70 valence electrons. The molecule has 2 fully saturated rings. The Hall–Kier alpha value is -0.730. The molecule has 2 aliphatic carbocycles. The fourth-order valence-corrected chi connectivity index (χ4v) is 3.46. The molecule has 0 aromatic rings. The Morgan fingerprint density at radius 3 is 2.23 bits per heavy atom. The van der Waals surface area contributed by atoms with Crippen molar-refractivity contribution in [3.8, 4) is 0 Å². The maximum absolute atomic E-state index is 12.1. The van der Waals surface area contributed by atoms with Gasteiger partial charge in [0.15, 0.2) is 5.78 Å². The van der Waals surface area contributed by atoms with Crippen molar-refractivity contribution >= 4 is 5.78 Å². The second kappa shape index (κ2) is 1.60. The Bertz CT molecular complexity index is 339. The van der Waals surface area contributed by atoms with E-state index in [1.54, 1.807) is 0 Å². The van der Waals surface area contributed by atoms with E-state index >= 15 is 0 Å². The van der Waals surface area contributed by atoms with Crippen LogP contribution in [0.25, 0.3) is 0 Å². The first-order valence-electron chi connectivity index (χ1n) is 4.94. The lowest BCUT2D eigenvalue weighted by atomic mass is 9.70. The minimum absolute atomic E-state index is 0.0909. The predicted octanol–water partition coefficient (Wildman–Crippen LogP) is 2.17. The number of hydrogen-bond donors (Lipinski definition) is 0. The molecule has 1 aliphatic heterocycles. The minimum Gasteiger partial charge on any atom is -0.294 e. The molecule has 2 atom stereocenters. The minimum atomic E-state index is -0.573. The van der Waals surface area contributed by atoms with E-state index in [2.05, 4.69) is 31.0 Å². The molecule has 3 aliphatic rings. The van der Waals surface area contributed by atoms with Crippen LogP contribution in [-0.4, -0.2) is 11.4 Å². The maximum atomic E-state index is 12.1. The summed E-state index contributed by atoms with van der Waals surface area (Å²) in [5.41, 5.74) is -0.648. The first-order chi connectivity index (χ1) is 5.95. The van der Waals surface area contributed by atoms with Gasteiger partial charge in [0.2, 0.25) is 0 Å². The van der Waals surface area contributed by atoms with E-state index in [4.69, 9.17) is 0 Å². The summed E-state index contributed by atoms with van der Waals surface area (Å²) < 4.78 is 0. The lowest BCUT2D eigenvalue weighted by Gasteiger charge is -2.31. The first-order valence-corrected chi connectivity index (χ1v) is 4.94. The van der Waals surface area contributed by atoms with Crippen molar-refractivity contribution in [2.24, 2.45) is 27.0 Å². The molecule has 13 heavy (non-hydrogen) atoms. The van der Waals surface area contributed by atoms with Gasteiger partial charge in [0, 0.05) is 11.3 Å². The molecule has 0 aromatic carbocycles. The summed E-state index contributed by atoms with van der Waals surface area (Å²) in [5, 5.41) is 8.03. The average Bonchev–Trinajstić information content (AvgIpc) is 2.76. The second-order valence-electron chi connectivity index (χ2n) is 5.40. The Morgan fingerprint density at radius 1 is 1.31 bits per heavy atom. The third-order valence-electron chi connectivity index (χ3n) is 4.86. The van der Waals surface area contributed by atoms with Gasteiger partial charge in [-0.1, -0.05) is 20.8 Å². The van der Waals surface area contributed by atoms with Crippen LogP contribution in [0.4, 0.5) is 0 Å². The third kappa shape index (κ3) is 0.517. The Balaban J connectivity index is 2.19. The SMILES string of the molecule is CC1(C)[C@H]2CC[C@]1(C)C(=O)C21N=N1. The van der Waals surface area contributed by atoms with Crippen LogP contribution < -0.4 is 0 Å². The van der Waals surface area contributed by atoms with E-state index in [1.807, 2.05) is 0 Å². The number of rotatable bonds is 0. The van der Waals surface area contributed by atoms with Crippen LogP contribution in [0.3, 0.4) is 0 Å². The van der Waals surface area contributed by atoms with Gasteiger partial charge in [-0.05, 0) is 18.3 Å². The molecule has 0 amide bonds. The highest BCUT2D eigenvalue weighted by Gasteiger charge is 2.77. The molecule has 0 N–H and O–H groups in total. The molecule has 3 heteroatoms. The number of Topliss-reactive ketones (excluding diaryl/α,β-unsaturated/α-hetero) is 1. The van der Waals surface area contributed by atoms with Gasteiger partial charge in [-0.2, -0.15) is 0 Å². The van der Waals surface area contributed by atoms with Crippen molar-refractivity contribution < 1.29 is 4.79 Å². The van der Waals surface area contributed by atoms with E-state index in [0.29, 0.717) is 5.92 Å². The van der Waals surface area contributed by atoms with Gasteiger partial charge in [-0.3, -0.25) is 4.79 Å². The number of hydrogen-bond acceptors (Lipinski definition) is 3. The Labute approximate surface area is 77.6 Å². The summed E-state index contributed by atoms with van der Waals surface area (Å²) in [5.74, 6) is 0.652. The van der Waals surface area contributed by atoms with Crippen LogP contribution in [0.2, 0.25) is 0 Å². The van der Waals surface area contributed by atoms with Gasteiger partial charge in [0.05, 0.1) is 0 Å². The van der Waals surface area contributed by atoms with Gasteiger partial charge < -0.3 is 0 Å². The highest BCUT2D eigenvalue weighted by atomic mass is 16.1. The molecular formula is C10H14N2O. The number of carbonyl (C=O) groups excluding carboxylic acids is 1. The molecule has 2 saturated carbocycles. The van der Waals surface area contributed by atoms with Crippen molar-refractivity contribution in [3.63, 3.8) is 0 Å². The molecule has 3 nitrogen and oxygen atoms in total. The first kappa shape index (κ1) is 7.65. The molecule has 2 bridgehead atoms. The molecule has 0 unspecified atom stereocenters. The standard InChI is InChI=1S/C10H14N2O/c1-8(2)6-4-5-9(8,3)7(13)10(6)11-12-10/h6H,4-5H2,1-3H3/t6-,9-/m1/s1. The number of ketones is 1. The number of fused-ring (bicyclic) bond motifs is 3. The summed E-state index contributed by atoms with van der Waals surface area (Å²) >= 11 is 0. The fourth-order valence-electron chi connectivity index (χ4n) is 3.46. The largest absolute Gasteiger partial charge is 0.294 e. The Morgan fingerprint density at radius 2 is 1.92 bits per heavy atom. The molecule has 3 rings (SSSR count). The zero-order valence-corrected chi connectivity index (χ0v) is 8.29. The van der Waals surface area contributed by atoms with Crippen LogP contribution in [-0.2, 0) is 4.79 Å². The lowest BCUT2D eigenvalue weighted by Crippen LogP contribution is -2.36. The highest BCUT2D eigenvalue weighted by Crippen LogP contribution is 2.71. The van der Waals surface area contributed by atoms with Gasteiger partial charge in [0.1, 0.15) is 0 Å². The molecule has 0 radical (unpaired) electrons. The van der Waals surface area contributed by atoms with Crippen LogP contribution in [0.1, 0.15) is 33.6 Å². The van der Waals surface area contributed by atoms with E-state index in [0.717, 1.165) is 12.8 Å². The van der Waals surface area contributed by atoms with Crippen molar-refractivity contribution in [1.82, 2.24) is 0 Å². The topological polar surface area (TPSA) is 41.8 Å². The second-order valence-corrected chi connectivity index (χ2v) is 5.40. The normalized spacial score (nSPS) is 47.6. The van der Waals surface area contributed by atoms with Crippen LogP contribution >= 0.6 is 0 Å². The van der Waals surface area contributed by atoms with Gasteiger partial charge in [0.25, 0.3) is 5.66 Å². The van der Waals surface area contributed by atoms with Gasteiger partial charge in [-0.25, -0.2) is 0 Å². The predicted molar refractivity (Wildman–Crippen MR) is 47.2 cm³/mol. The summed E-state index contributed by atoms with van der Waals surface area (Å²) in [6.07, 6.45) is 2.14. The molecule has 0 aromatic heterocycles. The average molecular weight is 178 g/mol. The van der Waals surface area contributed by atoms with Crippen LogP contribution in [0, 0.1) is 16.7 Å². The van der Waals surface area contributed by atoms with E-state index in [9.17, 15) is 4.79 Å². The van der Waals surface area contributed by atoms with Crippen molar-refractivity contribution in [2.45, 2.75) is 39.3 Å². The van der Waals surface area contributed by atoms with E-state index < -0.39 is 5.66 Å². The summed E-state index contributed by atoms with van der Waals surface area (Å²) in [4.78, 5) is 12.1. The van der Waals surface area contributed by atoms with Crippen LogP contribution in [0.15, 0.2) is 10.2 Å². The van der Waals surface area contributed by atoms with Crippen molar-refractivity contribution in [1.29, 1.82) is 0 Å². The zero-order valence-electron chi connectivity index (χ0n) is 8.29. The molecular weight excluding hydrogens is 164 g/mol. The Kier molecular flexibility index (Phi) is 0.941. The summed E-state index contributed by atoms with van der Waals surface area (Å²) in [6, 6.07) is 0. The quantitative estimate of drug-likeness (QED) is 0.560. The van der Waals surface area contributed by atoms with E-state index in [-0.39, 0.29) is 16.6 Å². The highest BCUT2D eigenvalue weighted by molar-refractivity contribution is 5.99. The number of carbonyl (C=O) groups is 1. The monoisotopic (exact) mass is 178 g/mol. The van der Waals surface area contributed by atoms with Crippen molar-refractivity contribution in [2.75, 3.05) is 0 Å². The molecule has 1 spiro atoms. The van der Waals surface area contributed by atoms with Gasteiger partial charge >= 0.3 is 0 Å². The fraction of sp³-hybridized carbons (Fsp3) is 0.900. The van der Waals surface area contributed by atoms with Gasteiger partial charge in [-0.15, -0.1) is 10.2 Å². The van der Waals surface area contributed by atoms with Crippen molar-refractivity contribution in [3.05, 3.63) is 0 Å². The summed E-state index contributed by atoms with van der Waals surface area (Å²) in [6.45, 7) is 6.48.